The predicted octanol–water partition coefficient (Wildman–Crippen LogP) is 1.63. The van der Waals surface area contributed by atoms with E-state index in [-0.39, 0.29) is 0 Å². The van der Waals surface area contributed by atoms with Gasteiger partial charge in [0.05, 0.1) is 7.11 Å². The molecule has 0 aliphatic rings. The number of carboxylic acid groups (broad SMARTS) is 1. The van der Waals surface area contributed by atoms with Crippen molar-refractivity contribution in [2.24, 2.45) is 0 Å². The molecule has 1 heterocycles. The molecule has 1 N–H and O–H groups in total. The lowest BCUT2D eigenvalue weighted by molar-refractivity contribution is -0.391. The van der Waals surface area contributed by atoms with E-state index < -0.39 is 40.1 Å². The van der Waals surface area contributed by atoms with Crippen LogP contribution in [0.5, 0.6) is 5.75 Å². The van der Waals surface area contributed by atoms with Gasteiger partial charge < -0.3 is 20.0 Å². The van der Waals surface area contributed by atoms with Gasteiger partial charge in [0.2, 0.25) is 0 Å². The molecule has 1 rings (SSSR count). The zero-order valence-corrected chi connectivity index (χ0v) is 8.39. The van der Waals surface area contributed by atoms with Crippen LogP contribution in [0.2, 0.25) is 0 Å². The van der Waals surface area contributed by atoms with E-state index in [0.29, 0.717) is 6.07 Å². The number of carboxylic acids is 1. The third-order valence-electron chi connectivity index (χ3n) is 1.83. The second-order valence-corrected chi connectivity index (χ2v) is 2.81. The van der Waals surface area contributed by atoms with E-state index >= 15 is 0 Å². The highest BCUT2D eigenvalue weighted by Crippen LogP contribution is 2.35. The first-order valence-corrected chi connectivity index (χ1v) is 4.13. The molecule has 0 saturated carbocycles. The Bertz CT molecular complexity index is 477. The monoisotopic (exact) mass is 248 g/mol. The summed E-state index contributed by atoms with van der Waals surface area (Å²) in [4.78, 5) is 23.0. The molecule has 0 spiro atoms. The van der Waals surface area contributed by atoms with Crippen LogP contribution in [-0.2, 0) is 0 Å². The third-order valence-corrected chi connectivity index (χ3v) is 1.83. The van der Waals surface area contributed by atoms with Crippen LogP contribution in [0.25, 0.3) is 0 Å². The summed E-state index contributed by atoms with van der Waals surface area (Å²) in [5.74, 6) is -3.39. The molecule has 0 amide bonds. The molecule has 0 bridgehead atoms. The molecule has 0 radical (unpaired) electrons. The van der Waals surface area contributed by atoms with Gasteiger partial charge >= 0.3 is 11.8 Å². The standard InChI is InChI=1S/C8H6F2N2O5/c1-17-4-2-3(8(13)14)11-7(12(15)16)5(4)6(9)10/h2,6H,1H3,(H,13,14). The van der Waals surface area contributed by atoms with Crippen molar-refractivity contribution in [3.63, 3.8) is 0 Å². The number of aromatic nitrogens is 1. The number of aromatic carboxylic acids is 1. The van der Waals surface area contributed by atoms with Crippen molar-refractivity contribution < 1.29 is 28.3 Å². The van der Waals surface area contributed by atoms with E-state index in [4.69, 9.17) is 5.11 Å². The van der Waals surface area contributed by atoms with Crippen LogP contribution >= 0.6 is 0 Å². The Morgan fingerprint density at radius 2 is 2.24 bits per heavy atom. The predicted molar refractivity (Wildman–Crippen MR) is 49.4 cm³/mol. The molecule has 0 saturated heterocycles. The van der Waals surface area contributed by atoms with Gasteiger partial charge in [-0.1, -0.05) is 0 Å². The topological polar surface area (TPSA) is 103 Å². The van der Waals surface area contributed by atoms with Gasteiger partial charge in [0.1, 0.15) is 5.75 Å². The molecule has 9 heteroatoms. The van der Waals surface area contributed by atoms with Crippen molar-refractivity contribution in [3.8, 4) is 5.75 Å². The number of ether oxygens (including phenoxy) is 1. The fraction of sp³-hybridized carbons (Fsp3) is 0.250. The van der Waals surface area contributed by atoms with Gasteiger partial charge in [-0.25, -0.2) is 13.6 Å². The fourth-order valence-corrected chi connectivity index (χ4v) is 1.14. The van der Waals surface area contributed by atoms with Gasteiger partial charge in [-0.05, 0) is 9.91 Å². The van der Waals surface area contributed by atoms with Crippen molar-refractivity contribution in [2.75, 3.05) is 7.11 Å². The first kappa shape index (κ1) is 12.7. The van der Waals surface area contributed by atoms with Gasteiger partial charge in [-0.3, -0.25) is 0 Å². The molecular weight excluding hydrogens is 242 g/mol. The molecule has 17 heavy (non-hydrogen) atoms. The van der Waals surface area contributed by atoms with Crippen molar-refractivity contribution in [2.45, 2.75) is 6.43 Å². The van der Waals surface area contributed by atoms with Crippen LogP contribution in [-0.4, -0.2) is 28.1 Å². The number of hydrogen-bond acceptors (Lipinski definition) is 5. The second-order valence-electron chi connectivity index (χ2n) is 2.81. The first-order valence-electron chi connectivity index (χ1n) is 4.13. The highest BCUT2D eigenvalue weighted by atomic mass is 19.3. The third kappa shape index (κ3) is 2.44. The zero-order chi connectivity index (χ0) is 13.2. The summed E-state index contributed by atoms with van der Waals surface area (Å²) < 4.78 is 29.7. The average molecular weight is 248 g/mol. The molecule has 0 aliphatic carbocycles. The second kappa shape index (κ2) is 4.68. The largest absolute Gasteiger partial charge is 0.496 e. The van der Waals surface area contributed by atoms with E-state index in [2.05, 4.69) is 9.72 Å². The molecule has 1 aromatic heterocycles. The van der Waals surface area contributed by atoms with Crippen molar-refractivity contribution in [3.05, 3.63) is 27.4 Å². The number of alkyl halides is 2. The summed E-state index contributed by atoms with van der Waals surface area (Å²) in [5.41, 5.74) is -1.78. The van der Waals surface area contributed by atoms with Crippen LogP contribution in [0.1, 0.15) is 22.5 Å². The van der Waals surface area contributed by atoms with Gasteiger partial charge in [0.15, 0.2) is 5.56 Å². The summed E-state index contributed by atoms with van der Waals surface area (Å²) in [6, 6.07) is 0.705. The molecule has 0 aromatic carbocycles. The zero-order valence-electron chi connectivity index (χ0n) is 8.39. The Labute approximate surface area is 92.8 Å². The minimum Gasteiger partial charge on any atom is -0.496 e. The summed E-state index contributed by atoms with van der Waals surface area (Å²) in [6.07, 6.45) is -3.19. The lowest BCUT2D eigenvalue weighted by atomic mass is 10.2. The minimum absolute atomic E-state index is 0.584. The number of pyridine rings is 1. The number of rotatable bonds is 4. The Kier molecular flexibility index (Phi) is 3.51. The van der Waals surface area contributed by atoms with Crippen LogP contribution in [0, 0.1) is 10.1 Å². The highest BCUT2D eigenvalue weighted by molar-refractivity contribution is 5.86. The maximum Gasteiger partial charge on any atom is 0.380 e. The number of nitrogens with zero attached hydrogens (tertiary/aromatic N) is 2. The quantitative estimate of drug-likeness (QED) is 0.641. The van der Waals surface area contributed by atoms with E-state index in [1.54, 1.807) is 0 Å². The number of halogens is 2. The number of methoxy groups -OCH3 is 1. The highest BCUT2D eigenvalue weighted by Gasteiger charge is 2.31. The maximum atomic E-state index is 12.6. The summed E-state index contributed by atoms with van der Waals surface area (Å²) in [7, 11) is 0.997. The van der Waals surface area contributed by atoms with E-state index in [0.717, 1.165) is 7.11 Å². The fourth-order valence-electron chi connectivity index (χ4n) is 1.14. The van der Waals surface area contributed by atoms with Crippen LogP contribution in [0.15, 0.2) is 6.07 Å². The van der Waals surface area contributed by atoms with Crippen molar-refractivity contribution in [1.82, 2.24) is 4.98 Å². The summed E-state index contributed by atoms with van der Waals surface area (Å²) in [6.45, 7) is 0. The van der Waals surface area contributed by atoms with Gasteiger partial charge in [0, 0.05) is 6.07 Å². The molecule has 0 atom stereocenters. The van der Waals surface area contributed by atoms with E-state index in [1.807, 2.05) is 0 Å². The van der Waals surface area contributed by atoms with Crippen molar-refractivity contribution >= 4 is 11.8 Å². The molecular formula is C8H6F2N2O5. The van der Waals surface area contributed by atoms with E-state index in [9.17, 15) is 23.7 Å². The Morgan fingerprint density at radius 1 is 1.65 bits per heavy atom. The molecule has 92 valence electrons. The number of hydrogen-bond donors (Lipinski definition) is 1. The summed E-state index contributed by atoms with van der Waals surface area (Å²) in [5, 5.41) is 19.1. The lowest BCUT2D eigenvalue weighted by Gasteiger charge is -2.07. The number of nitro groups is 1. The lowest BCUT2D eigenvalue weighted by Crippen LogP contribution is -2.08. The number of carbonyl (C=O) groups is 1. The SMILES string of the molecule is COc1cc(C(=O)O)nc([N+](=O)[O-])c1C(F)F. The summed E-state index contributed by atoms with van der Waals surface area (Å²) >= 11 is 0. The van der Waals surface area contributed by atoms with Crippen LogP contribution < -0.4 is 4.74 Å². The van der Waals surface area contributed by atoms with Gasteiger partial charge in [-0.2, -0.15) is 0 Å². The van der Waals surface area contributed by atoms with Gasteiger partial charge in [-0.15, -0.1) is 0 Å². The van der Waals surface area contributed by atoms with Crippen LogP contribution in [0.3, 0.4) is 0 Å². The Balaban J connectivity index is 3.57. The first-order chi connectivity index (χ1) is 7.88. The normalized spacial score (nSPS) is 10.4. The van der Waals surface area contributed by atoms with Gasteiger partial charge in [0.25, 0.3) is 12.1 Å². The molecule has 7 nitrogen and oxygen atoms in total. The molecule has 0 fully saturated rings. The molecule has 1 aromatic rings. The van der Waals surface area contributed by atoms with Crippen molar-refractivity contribution in [1.29, 1.82) is 0 Å². The molecule has 0 unspecified atom stereocenters. The minimum atomic E-state index is -3.19. The van der Waals surface area contributed by atoms with Crippen LogP contribution in [0.4, 0.5) is 14.6 Å². The Morgan fingerprint density at radius 3 is 2.59 bits per heavy atom. The Hall–Kier alpha value is -2.32. The average Bonchev–Trinajstić information content (AvgIpc) is 2.26. The van der Waals surface area contributed by atoms with E-state index in [1.165, 1.54) is 0 Å². The molecule has 0 aliphatic heterocycles. The smallest absolute Gasteiger partial charge is 0.380 e. The maximum absolute atomic E-state index is 12.6.